The number of H-pyrrole nitrogens is 1. The number of aromatic amines is 1. The largest absolute Gasteiger partial charge is 0.417 e. The van der Waals surface area contributed by atoms with Gasteiger partial charge in [-0.2, -0.15) is 13.2 Å². The van der Waals surface area contributed by atoms with Gasteiger partial charge in [0.05, 0.1) is 6.33 Å². The lowest BCUT2D eigenvalue weighted by atomic mass is 9.71. The molecule has 1 saturated carbocycles. The highest BCUT2D eigenvalue weighted by molar-refractivity contribution is 5.68. The van der Waals surface area contributed by atoms with Crippen LogP contribution in [-0.4, -0.2) is 42.4 Å². The minimum absolute atomic E-state index is 0.00620. The van der Waals surface area contributed by atoms with Crippen molar-refractivity contribution in [2.45, 2.75) is 44.0 Å². The number of nitrogens with one attached hydrogen (secondary N) is 1. The van der Waals surface area contributed by atoms with Crippen molar-refractivity contribution < 1.29 is 27.1 Å². The number of alkyl halides is 5. The molecule has 3 atom stereocenters. The highest BCUT2D eigenvalue weighted by Gasteiger charge is 2.58. The molecule has 150 valence electrons. The van der Waals surface area contributed by atoms with Gasteiger partial charge in [-0.3, -0.25) is 13.9 Å². The summed E-state index contributed by atoms with van der Waals surface area (Å²) in [5.41, 5.74) is -4.71. The van der Waals surface area contributed by atoms with Gasteiger partial charge in [-0.25, -0.2) is 18.6 Å². The van der Waals surface area contributed by atoms with Gasteiger partial charge in [0, 0.05) is 19.5 Å². The molecular weight excluding hydrogens is 379 g/mol. The first-order valence-corrected chi connectivity index (χ1v) is 8.16. The number of aryl methyl sites for hydroxylation is 1. The van der Waals surface area contributed by atoms with Crippen LogP contribution in [0.1, 0.15) is 19.3 Å². The number of hydrogen-bond donors (Lipinski definition) is 2. The van der Waals surface area contributed by atoms with Crippen molar-refractivity contribution in [3.05, 3.63) is 27.2 Å². The molecule has 7 nitrogen and oxygen atoms in total. The second kappa shape index (κ2) is 6.43. The maximum absolute atomic E-state index is 13.4. The fourth-order valence-electron chi connectivity index (χ4n) is 3.66. The molecule has 1 aliphatic rings. The van der Waals surface area contributed by atoms with Gasteiger partial charge in [-0.05, 0) is 25.2 Å². The zero-order chi connectivity index (χ0) is 20.1. The maximum Gasteiger partial charge on any atom is 0.417 e. The highest BCUT2D eigenvalue weighted by Crippen LogP contribution is 2.47. The number of imidazole rings is 1. The summed E-state index contributed by atoms with van der Waals surface area (Å²) in [6.07, 6.45) is -9.33. The van der Waals surface area contributed by atoms with Crippen molar-refractivity contribution >= 4 is 11.2 Å². The number of rotatable bonds is 3. The minimum Gasteiger partial charge on any atom is -0.380 e. The molecule has 0 spiro atoms. The van der Waals surface area contributed by atoms with E-state index >= 15 is 0 Å². The van der Waals surface area contributed by atoms with E-state index in [2.05, 4.69) is 9.97 Å². The molecule has 2 N–H and O–H groups in total. The summed E-state index contributed by atoms with van der Waals surface area (Å²) in [5.74, 6) is -2.88. The number of aromatic nitrogens is 4. The lowest BCUT2D eigenvalue weighted by Gasteiger charge is -2.42. The Morgan fingerprint density at radius 2 is 2.07 bits per heavy atom. The summed E-state index contributed by atoms with van der Waals surface area (Å²) in [6.45, 7) is -0.469. The summed E-state index contributed by atoms with van der Waals surface area (Å²) in [5, 5.41) is 9.77. The fourth-order valence-corrected chi connectivity index (χ4v) is 3.66. The normalized spacial score (nSPS) is 26.8. The van der Waals surface area contributed by atoms with E-state index in [1.165, 1.54) is 13.4 Å². The first-order chi connectivity index (χ1) is 12.5. The van der Waals surface area contributed by atoms with Crippen LogP contribution in [0.15, 0.2) is 15.9 Å². The third kappa shape index (κ3) is 3.15. The van der Waals surface area contributed by atoms with E-state index in [0.717, 1.165) is 9.13 Å². The molecule has 27 heavy (non-hydrogen) atoms. The Kier molecular flexibility index (Phi) is 4.65. The van der Waals surface area contributed by atoms with E-state index in [1.807, 2.05) is 0 Å². The zero-order valence-corrected chi connectivity index (χ0v) is 14.1. The predicted molar refractivity (Wildman–Crippen MR) is 83.4 cm³/mol. The van der Waals surface area contributed by atoms with Crippen molar-refractivity contribution in [3.8, 4) is 0 Å². The molecule has 1 fully saturated rings. The van der Waals surface area contributed by atoms with Crippen LogP contribution in [0, 0.1) is 11.8 Å². The Morgan fingerprint density at radius 3 is 2.67 bits per heavy atom. The van der Waals surface area contributed by atoms with Gasteiger partial charge in [0.1, 0.15) is 5.52 Å². The van der Waals surface area contributed by atoms with E-state index < -0.39 is 67.1 Å². The first-order valence-electron chi connectivity index (χ1n) is 8.16. The molecule has 0 aliphatic heterocycles. The molecule has 0 saturated heterocycles. The van der Waals surface area contributed by atoms with E-state index in [4.69, 9.17) is 0 Å². The standard InChI is InChI=1S/C15H17F5N4O3/c1-23-11-9(21-6-22-11)12(25)24(13(23)26)5-7-2-3-14(27,15(18,19)20)4-8(7)10(16)17/h6-8,10,27H,2-5H2,1H3,(H,21,22). The lowest BCUT2D eigenvalue weighted by molar-refractivity contribution is -0.282. The molecule has 0 aromatic carbocycles. The zero-order valence-electron chi connectivity index (χ0n) is 14.1. The van der Waals surface area contributed by atoms with Gasteiger partial charge in [0.25, 0.3) is 5.56 Å². The Hall–Kier alpha value is -2.24. The summed E-state index contributed by atoms with van der Waals surface area (Å²) >= 11 is 0. The molecular formula is C15H17F5N4O3. The topological polar surface area (TPSA) is 92.9 Å². The van der Waals surface area contributed by atoms with Crippen molar-refractivity contribution in [3.63, 3.8) is 0 Å². The Morgan fingerprint density at radius 1 is 1.41 bits per heavy atom. The fraction of sp³-hybridized carbons (Fsp3) is 0.667. The van der Waals surface area contributed by atoms with Crippen LogP contribution in [0.4, 0.5) is 22.0 Å². The molecule has 0 bridgehead atoms. The van der Waals surface area contributed by atoms with Gasteiger partial charge >= 0.3 is 11.9 Å². The van der Waals surface area contributed by atoms with Crippen LogP contribution in [0.5, 0.6) is 0 Å². The monoisotopic (exact) mass is 396 g/mol. The molecule has 1 aliphatic carbocycles. The number of halogens is 5. The smallest absolute Gasteiger partial charge is 0.380 e. The summed E-state index contributed by atoms with van der Waals surface area (Å²) in [7, 11) is 1.34. The average molecular weight is 396 g/mol. The lowest BCUT2D eigenvalue weighted by Crippen LogP contribution is -2.53. The first kappa shape index (κ1) is 19.5. The molecule has 0 amide bonds. The number of nitrogens with zero attached hydrogens (tertiary/aromatic N) is 3. The molecule has 12 heteroatoms. The SMILES string of the molecule is Cn1c(=O)n(CC2CCC(O)(C(F)(F)F)CC2C(F)F)c(=O)c2[nH]cnc21. The van der Waals surface area contributed by atoms with Crippen LogP contribution >= 0.6 is 0 Å². The number of hydrogen-bond acceptors (Lipinski definition) is 4. The summed E-state index contributed by atoms with van der Waals surface area (Å²) < 4.78 is 67.7. The van der Waals surface area contributed by atoms with Crippen molar-refractivity contribution in [1.29, 1.82) is 0 Å². The van der Waals surface area contributed by atoms with E-state index in [1.54, 1.807) is 0 Å². The number of aliphatic hydroxyl groups is 1. The van der Waals surface area contributed by atoms with Gasteiger partial charge < -0.3 is 10.1 Å². The molecule has 3 unspecified atom stereocenters. The summed E-state index contributed by atoms with van der Waals surface area (Å²) in [6, 6.07) is 0. The van der Waals surface area contributed by atoms with E-state index in [9.17, 15) is 36.6 Å². The van der Waals surface area contributed by atoms with Crippen LogP contribution in [0.3, 0.4) is 0 Å². The Balaban J connectivity index is 1.97. The predicted octanol–water partition coefficient (Wildman–Crippen LogP) is 1.40. The van der Waals surface area contributed by atoms with Crippen molar-refractivity contribution in [2.75, 3.05) is 0 Å². The van der Waals surface area contributed by atoms with Gasteiger partial charge in [-0.1, -0.05) is 0 Å². The quantitative estimate of drug-likeness (QED) is 0.767. The van der Waals surface area contributed by atoms with Crippen molar-refractivity contribution in [2.24, 2.45) is 18.9 Å². The molecule has 2 heterocycles. The third-order valence-corrected chi connectivity index (χ3v) is 5.29. The second-order valence-corrected chi connectivity index (χ2v) is 6.89. The van der Waals surface area contributed by atoms with Crippen molar-refractivity contribution in [1.82, 2.24) is 19.1 Å². The van der Waals surface area contributed by atoms with E-state index in [-0.39, 0.29) is 11.2 Å². The Labute approximate surface area is 148 Å². The molecule has 2 aromatic heterocycles. The van der Waals surface area contributed by atoms with Crippen LogP contribution in [0.25, 0.3) is 11.2 Å². The average Bonchev–Trinajstić information content (AvgIpc) is 3.07. The van der Waals surface area contributed by atoms with Crippen LogP contribution < -0.4 is 11.2 Å². The maximum atomic E-state index is 13.4. The molecule has 2 aromatic rings. The van der Waals surface area contributed by atoms with Gasteiger partial charge in [0.15, 0.2) is 11.2 Å². The molecule has 0 radical (unpaired) electrons. The van der Waals surface area contributed by atoms with E-state index in [0.29, 0.717) is 0 Å². The second-order valence-electron chi connectivity index (χ2n) is 6.89. The number of fused-ring (bicyclic) bond motifs is 1. The van der Waals surface area contributed by atoms with Crippen LogP contribution in [-0.2, 0) is 13.6 Å². The van der Waals surface area contributed by atoms with Gasteiger partial charge in [0.2, 0.25) is 6.43 Å². The molecule has 3 rings (SSSR count). The van der Waals surface area contributed by atoms with Crippen LogP contribution in [0.2, 0.25) is 0 Å². The van der Waals surface area contributed by atoms with Gasteiger partial charge in [-0.15, -0.1) is 0 Å². The summed E-state index contributed by atoms with van der Waals surface area (Å²) in [4.78, 5) is 31.2. The minimum atomic E-state index is -5.03. The Bertz CT molecular complexity index is 963. The highest BCUT2D eigenvalue weighted by atomic mass is 19.4. The third-order valence-electron chi connectivity index (χ3n) is 5.29.